The lowest BCUT2D eigenvalue weighted by Crippen LogP contribution is -2.32. The first-order chi connectivity index (χ1) is 13.5. The van der Waals surface area contributed by atoms with Crippen molar-refractivity contribution in [2.45, 2.75) is 20.8 Å². The highest BCUT2D eigenvalue weighted by atomic mass is 32.2. The maximum absolute atomic E-state index is 13.1. The molecule has 1 fully saturated rings. The summed E-state index contributed by atoms with van der Waals surface area (Å²) in [6.07, 6.45) is 1.96. The third-order valence-electron chi connectivity index (χ3n) is 4.35. The van der Waals surface area contributed by atoms with Gasteiger partial charge in [0.05, 0.1) is 26.3 Å². The zero-order chi connectivity index (χ0) is 19.7. The molecule has 1 aliphatic heterocycles. The zero-order valence-electron chi connectivity index (χ0n) is 16.0. The summed E-state index contributed by atoms with van der Waals surface area (Å²) >= 11 is 3.05. The SMILES string of the molecule is Cc1ccc(N=C2SC(=Cc3ccc4ncsc4c3)C(=O)N2CC(C)C)cc1. The molecule has 0 N–H and O–H groups in total. The Hall–Kier alpha value is -2.44. The van der Waals surface area contributed by atoms with Crippen LogP contribution in [-0.4, -0.2) is 27.5 Å². The number of aryl methyl sites for hydroxylation is 1. The van der Waals surface area contributed by atoms with Crippen LogP contribution in [0.25, 0.3) is 16.3 Å². The smallest absolute Gasteiger partial charge is 0.266 e. The monoisotopic (exact) mass is 407 g/mol. The fourth-order valence-electron chi connectivity index (χ4n) is 2.96. The molecule has 28 heavy (non-hydrogen) atoms. The van der Waals surface area contributed by atoms with Crippen LogP contribution in [0.3, 0.4) is 0 Å². The number of thioether (sulfide) groups is 1. The van der Waals surface area contributed by atoms with Crippen LogP contribution in [-0.2, 0) is 4.79 Å². The van der Waals surface area contributed by atoms with Crippen LogP contribution in [0.1, 0.15) is 25.0 Å². The van der Waals surface area contributed by atoms with Gasteiger partial charge in [0, 0.05) is 6.54 Å². The molecule has 6 heteroatoms. The van der Waals surface area contributed by atoms with E-state index in [1.54, 1.807) is 16.2 Å². The predicted octanol–water partition coefficient (Wildman–Crippen LogP) is 5.86. The molecule has 1 aromatic heterocycles. The van der Waals surface area contributed by atoms with E-state index in [9.17, 15) is 4.79 Å². The van der Waals surface area contributed by atoms with Crippen molar-refractivity contribution in [2.75, 3.05) is 6.54 Å². The number of rotatable bonds is 4. The van der Waals surface area contributed by atoms with E-state index in [1.807, 2.05) is 48.0 Å². The van der Waals surface area contributed by atoms with E-state index in [2.05, 4.69) is 31.8 Å². The molecule has 0 unspecified atom stereocenters. The molecule has 0 radical (unpaired) electrons. The minimum absolute atomic E-state index is 0.0222. The van der Waals surface area contributed by atoms with E-state index in [0.717, 1.165) is 26.6 Å². The highest BCUT2D eigenvalue weighted by Crippen LogP contribution is 2.35. The average molecular weight is 408 g/mol. The van der Waals surface area contributed by atoms with Crippen molar-refractivity contribution >= 4 is 56.2 Å². The van der Waals surface area contributed by atoms with Gasteiger partial charge in [-0.05, 0) is 60.5 Å². The molecular formula is C22H21N3OS2. The third kappa shape index (κ3) is 4.03. The number of carbonyl (C=O) groups is 1. The normalized spacial score (nSPS) is 17.6. The first-order valence-electron chi connectivity index (χ1n) is 9.19. The summed E-state index contributed by atoms with van der Waals surface area (Å²) in [5.41, 5.74) is 5.89. The molecular weight excluding hydrogens is 386 g/mol. The first-order valence-corrected chi connectivity index (χ1v) is 10.9. The first kappa shape index (κ1) is 18.9. The number of thiazole rings is 1. The number of aromatic nitrogens is 1. The van der Waals surface area contributed by atoms with Crippen LogP contribution >= 0.6 is 23.1 Å². The fourth-order valence-corrected chi connectivity index (χ4v) is 4.69. The second kappa shape index (κ2) is 7.89. The highest BCUT2D eigenvalue weighted by Gasteiger charge is 2.33. The standard InChI is InChI=1S/C22H21N3OS2/c1-14(2)12-25-21(26)20(11-16-6-9-18-19(10-16)27-13-23-18)28-22(25)24-17-7-4-15(3)5-8-17/h4-11,13-14H,12H2,1-3H3. The van der Waals surface area contributed by atoms with Gasteiger partial charge in [-0.25, -0.2) is 9.98 Å². The van der Waals surface area contributed by atoms with Gasteiger partial charge in [-0.1, -0.05) is 37.6 Å². The summed E-state index contributed by atoms with van der Waals surface area (Å²) in [5.74, 6) is 0.384. The third-order valence-corrected chi connectivity index (χ3v) is 6.15. The van der Waals surface area contributed by atoms with Crippen molar-refractivity contribution in [3.63, 3.8) is 0 Å². The number of fused-ring (bicyclic) bond motifs is 1. The van der Waals surface area contributed by atoms with Gasteiger partial charge in [0.1, 0.15) is 0 Å². The molecule has 2 aromatic carbocycles. The van der Waals surface area contributed by atoms with Gasteiger partial charge < -0.3 is 0 Å². The summed E-state index contributed by atoms with van der Waals surface area (Å²) < 4.78 is 1.12. The molecule has 0 saturated carbocycles. The zero-order valence-corrected chi connectivity index (χ0v) is 17.7. The second-order valence-corrected chi connectivity index (χ2v) is 9.13. The van der Waals surface area contributed by atoms with E-state index in [0.29, 0.717) is 17.4 Å². The molecule has 1 saturated heterocycles. The van der Waals surface area contributed by atoms with E-state index >= 15 is 0 Å². The van der Waals surface area contributed by atoms with Gasteiger partial charge >= 0.3 is 0 Å². The summed E-state index contributed by atoms with van der Waals surface area (Å²) in [4.78, 5) is 24.6. The number of hydrogen-bond acceptors (Lipinski definition) is 5. The summed E-state index contributed by atoms with van der Waals surface area (Å²) in [6, 6.07) is 14.1. The molecule has 4 rings (SSSR count). The molecule has 0 atom stereocenters. The van der Waals surface area contributed by atoms with Crippen molar-refractivity contribution < 1.29 is 4.79 Å². The molecule has 1 aliphatic rings. The van der Waals surface area contributed by atoms with E-state index in [1.165, 1.54) is 17.3 Å². The quantitative estimate of drug-likeness (QED) is 0.509. The van der Waals surface area contributed by atoms with E-state index in [-0.39, 0.29) is 5.91 Å². The molecule has 2 heterocycles. The number of nitrogens with zero attached hydrogens (tertiary/aromatic N) is 3. The minimum Gasteiger partial charge on any atom is -0.286 e. The van der Waals surface area contributed by atoms with Crippen molar-refractivity contribution in [3.05, 3.63) is 64.0 Å². The molecule has 1 amide bonds. The van der Waals surface area contributed by atoms with E-state index in [4.69, 9.17) is 4.99 Å². The number of hydrogen-bond donors (Lipinski definition) is 0. The van der Waals surface area contributed by atoms with Crippen molar-refractivity contribution in [1.29, 1.82) is 0 Å². The predicted molar refractivity (Wildman–Crippen MR) is 120 cm³/mol. The summed E-state index contributed by atoms with van der Waals surface area (Å²) in [5, 5.41) is 0.743. The lowest BCUT2D eigenvalue weighted by Gasteiger charge is -2.17. The molecule has 0 spiro atoms. The van der Waals surface area contributed by atoms with Gasteiger partial charge in [0.2, 0.25) is 0 Å². The van der Waals surface area contributed by atoms with Crippen LogP contribution in [0.5, 0.6) is 0 Å². The number of carbonyl (C=O) groups excluding carboxylic acids is 1. The summed E-state index contributed by atoms with van der Waals surface area (Å²) in [6.45, 7) is 6.93. The van der Waals surface area contributed by atoms with Crippen LogP contribution in [0, 0.1) is 12.8 Å². The van der Waals surface area contributed by atoms with Crippen LogP contribution in [0.4, 0.5) is 5.69 Å². The van der Waals surface area contributed by atoms with Crippen LogP contribution in [0.15, 0.2) is 57.9 Å². The largest absolute Gasteiger partial charge is 0.286 e. The Morgan fingerprint density at radius 1 is 1.18 bits per heavy atom. The number of amides is 1. The van der Waals surface area contributed by atoms with Crippen molar-refractivity contribution in [3.8, 4) is 0 Å². The van der Waals surface area contributed by atoms with Gasteiger partial charge in [0.25, 0.3) is 5.91 Å². The van der Waals surface area contributed by atoms with E-state index < -0.39 is 0 Å². The van der Waals surface area contributed by atoms with Crippen molar-refractivity contribution in [2.24, 2.45) is 10.9 Å². The number of amidine groups is 1. The number of aliphatic imine (C=N–C) groups is 1. The molecule has 4 nitrogen and oxygen atoms in total. The van der Waals surface area contributed by atoms with Crippen molar-refractivity contribution in [1.82, 2.24) is 9.88 Å². The Labute approximate surface area is 173 Å². The Kier molecular flexibility index (Phi) is 5.33. The van der Waals surface area contributed by atoms with Gasteiger partial charge in [-0.3, -0.25) is 9.69 Å². The fraction of sp³-hybridized carbons (Fsp3) is 0.227. The maximum atomic E-state index is 13.1. The Bertz CT molecular complexity index is 1080. The Balaban J connectivity index is 1.68. The van der Waals surface area contributed by atoms with Crippen LogP contribution in [0.2, 0.25) is 0 Å². The molecule has 142 valence electrons. The lowest BCUT2D eigenvalue weighted by atomic mass is 10.2. The van der Waals surface area contributed by atoms with Gasteiger partial charge in [-0.2, -0.15) is 0 Å². The second-order valence-electron chi connectivity index (χ2n) is 7.23. The molecule has 3 aromatic rings. The summed E-state index contributed by atoms with van der Waals surface area (Å²) in [7, 11) is 0. The van der Waals surface area contributed by atoms with Crippen LogP contribution < -0.4 is 0 Å². The average Bonchev–Trinajstić information content (AvgIpc) is 3.23. The van der Waals surface area contributed by atoms with Gasteiger partial charge in [-0.15, -0.1) is 11.3 Å². The lowest BCUT2D eigenvalue weighted by molar-refractivity contribution is -0.122. The maximum Gasteiger partial charge on any atom is 0.266 e. The Morgan fingerprint density at radius 3 is 2.71 bits per heavy atom. The minimum atomic E-state index is 0.0222. The Morgan fingerprint density at radius 2 is 1.96 bits per heavy atom. The highest BCUT2D eigenvalue weighted by molar-refractivity contribution is 8.18. The van der Waals surface area contributed by atoms with Gasteiger partial charge in [0.15, 0.2) is 5.17 Å². The molecule has 0 bridgehead atoms. The molecule has 0 aliphatic carbocycles. The topological polar surface area (TPSA) is 45.6 Å². The number of benzene rings is 2.